The summed E-state index contributed by atoms with van der Waals surface area (Å²) in [4.78, 5) is 57.9. The normalized spacial score (nSPS) is 17.6. The number of rotatable bonds is 11. The number of piperazine rings is 1. The molecular formula is C45H46ClF2N7O5. The number of carbonyl (C=O) groups excluding carboxylic acids is 4. The molecule has 1 unspecified atom stereocenters. The van der Waals surface area contributed by atoms with Crippen LogP contribution in [0.1, 0.15) is 58.8 Å². The van der Waals surface area contributed by atoms with Gasteiger partial charge >= 0.3 is 0 Å². The number of hydrogen-bond donors (Lipinski definition) is 1. The first-order valence-corrected chi connectivity index (χ1v) is 20.6. The van der Waals surface area contributed by atoms with Crippen LogP contribution in [0.25, 0.3) is 27.7 Å². The van der Waals surface area contributed by atoms with Crippen molar-refractivity contribution in [1.29, 1.82) is 0 Å². The molecule has 8 rings (SSSR count). The highest BCUT2D eigenvalue weighted by molar-refractivity contribution is 6.32. The first-order chi connectivity index (χ1) is 28.9. The molecule has 312 valence electrons. The third kappa shape index (κ3) is 8.44. The van der Waals surface area contributed by atoms with Gasteiger partial charge in [0, 0.05) is 115 Å². The smallest absolute Gasteiger partial charge is 0.289 e. The number of furan rings is 1. The molecule has 1 N–H and O–H groups in total. The quantitative estimate of drug-likeness (QED) is 0.149. The van der Waals surface area contributed by atoms with E-state index in [-0.39, 0.29) is 58.9 Å². The van der Waals surface area contributed by atoms with Gasteiger partial charge in [-0.3, -0.25) is 34.1 Å². The second-order valence-electron chi connectivity index (χ2n) is 15.8. The number of anilines is 1. The zero-order valence-electron chi connectivity index (χ0n) is 33.6. The zero-order valence-corrected chi connectivity index (χ0v) is 34.3. The van der Waals surface area contributed by atoms with Gasteiger partial charge in [0.15, 0.2) is 5.76 Å². The molecule has 2 aromatic heterocycles. The minimum Gasteiger partial charge on any atom is -0.450 e. The lowest BCUT2D eigenvalue weighted by Gasteiger charge is -2.36. The molecule has 15 heteroatoms. The number of fused-ring (bicyclic) bond motifs is 1. The van der Waals surface area contributed by atoms with Gasteiger partial charge in [-0.15, -0.1) is 0 Å². The van der Waals surface area contributed by atoms with Gasteiger partial charge in [0.25, 0.3) is 5.91 Å². The van der Waals surface area contributed by atoms with E-state index in [1.807, 2.05) is 42.6 Å². The molecule has 3 aliphatic rings. The molecule has 60 heavy (non-hydrogen) atoms. The van der Waals surface area contributed by atoms with Crippen LogP contribution in [-0.2, 0) is 27.3 Å². The van der Waals surface area contributed by atoms with Gasteiger partial charge in [-0.05, 0) is 65.8 Å². The maximum absolute atomic E-state index is 16.5. The molecule has 0 saturated carbocycles. The minimum absolute atomic E-state index is 0.0323. The van der Waals surface area contributed by atoms with Crippen LogP contribution in [-0.4, -0.2) is 108 Å². The molecule has 0 bridgehead atoms. The molecule has 2 saturated heterocycles. The third-order valence-electron chi connectivity index (χ3n) is 11.7. The van der Waals surface area contributed by atoms with E-state index in [1.165, 1.54) is 11.0 Å². The number of imide groups is 1. The van der Waals surface area contributed by atoms with Crippen LogP contribution in [0.4, 0.5) is 14.5 Å². The van der Waals surface area contributed by atoms with Crippen LogP contribution in [0.3, 0.4) is 0 Å². The zero-order chi connectivity index (χ0) is 42.1. The molecule has 3 aliphatic heterocycles. The van der Waals surface area contributed by atoms with Crippen molar-refractivity contribution in [3.05, 3.63) is 112 Å². The van der Waals surface area contributed by atoms with Crippen molar-refractivity contribution in [2.24, 2.45) is 0 Å². The predicted molar refractivity (Wildman–Crippen MR) is 225 cm³/mol. The number of nitrogens with one attached hydrogen (secondary N) is 1. The lowest BCUT2D eigenvalue weighted by Crippen LogP contribution is -2.47. The molecular weight excluding hydrogens is 792 g/mol. The van der Waals surface area contributed by atoms with Crippen molar-refractivity contribution in [2.45, 2.75) is 44.6 Å². The van der Waals surface area contributed by atoms with Gasteiger partial charge in [-0.25, -0.2) is 8.78 Å². The van der Waals surface area contributed by atoms with Crippen molar-refractivity contribution in [1.82, 2.24) is 29.8 Å². The molecule has 4 amide bonds. The van der Waals surface area contributed by atoms with E-state index in [0.29, 0.717) is 66.7 Å². The van der Waals surface area contributed by atoms with Crippen LogP contribution >= 0.6 is 11.6 Å². The highest BCUT2D eigenvalue weighted by atomic mass is 35.5. The van der Waals surface area contributed by atoms with E-state index in [0.717, 1.165) is 37.4 Å². The lowest BCUT2D eigenvalue weighted by atomic mass is 9.89. The van der Waals surface area contributed by atoms with Gasteiger partial charge in [0.1, 0.15) is 17.2 Å². The van der Waals surface area contributed by atoms with Crippen molar-refractivity contribution in [3.8, 4) is 11.1 Å². The first-order valence-electron chi connectivity index (χ1n) is 20.3. The largest absolute Gasteiger partial charge is 0.450 e. The fourth-order valence-corrected chi connectivity index (χ4v) is 8.63. The Kier molecular flexibility index (Phi) is 11.9. The summed E-state index contributed by atoms with van der Waals surface area (Å²) in [6.07, 6.45) is 7.27. The number of benzene rings is 3. The van der Waals surface area contributed by atoms with E-state index < -0.39 is 23.5 Å². The molecule has 3 aromatic carbocycles. The standard InChI is InChI=1S/C45H46ClF2N7O5/c1-51(2)45(59)37-26-36-42(48)34(30-5-3-17-54(27-30)39(57)15-20-55-18-4-16-49-55)25-35(43(36)60-37)28-6-9-31(10-7-28)53-23-21-52(22-24-53)19-14-29-8-11-32(40(46)41(29)47)33-12-13-38(56)50-44(33)58/h4-11,16,18,25-26,33H,3,12-15,17,19-24,27H2,1-2H3,(H,50,56,58). The Hall–Kier alpha value is -5.86. The minimum atomic E-state index is -0.653. The van der Waals surface area contributed by atoms with Crippen molar-refractivity contribution in [3.63, 3.8) is 0 Å². The molecule has 0 radical (unpaired) electrons. The summed E-state index contributed by atoms with van der Waals surface area (Å²) in [7, 11) is 3.23. The molecule has 2 fully saturated rings. The Bertz CT molecular complexity index is 2480. The summed E-state index contributed by atoms with van der Waals surface area (Å²) in [5.41, 5.74) is 4.65. The number of carbonyl (C=O) groups is 4. The SMILES string of the molecule is CN(C)C(=O)c1cc2c(F)c(C3=CCCN(C(=O)CCn4cccn4)C3)cc(-c3ccc(N4CCN(CCc5ccc(C6CCC(=O)NC6=O)c(Cl)c5F)CC4)cc3)c2o1. The number of nitrogens with zero attached hydrogens (tertiary/aromatic N) is 6. The Morgan fingerprint density at radius 3 is 2.47 bits per heavy atom. The van der Waals surface area contributed by atoms with Crippen molar-refractivity contribution in [2.75, 3.05) is 64.8 Å². The average Bonchev–Trinajstić information content (AvgIpc) is 3.96. The molecule has 1 atom stereocenters. The second-order valence-corrected chi connectivity index (χ2v) is 16.1. The van der Waals surface area contributed by atoms with Crippen LogP contribution in [0.5, 0.6) is 0 Å². The van der Waals surface area contributed by atoms with E-state index in [1.54, 1.807) is 48.1 Å². The molecule has 12 nitrogen and oxygen atoms in total. The number of aromatic nitrogens is 2. The number of aryl methyl sites for hydroxylation is 1. The van der Waals surface area contributed by atoms with Crippen LogP contribution in [0.2, 0.25) is 5.02 Å². The van der Waals surface area contributed by atoms with Crippen molar-refractivity contribution >= 4 is 57.5 Å². The van der Waals surface area contributed by atoms with E-state index >= 15 is 8.78 Å². The Morgan fingerprint density at radius 1 is 0.967 bits per heavy atom. The van der Waals surface area contributed by atoms with Gasteiger partial charge in [0.05, 0.1) is 16.3 Å². The fraction of sp³-hybridized carbons (Fsp3) is 0.356. The van der Waals surface area contributed by atoms with E-state index in [4.69, 9.17) is 16.0 Å². The molecule has 5 heterocycles. The molecule has 5 aromatic rings. The fourth-order valence-electron chi connectivity index (χ4n) is 8.32. The number of hydrogen-bond acceptors (Lipinski definition) is 8. The van der Waals surface area contributed by atoms with E-state index in [2.05, 4.69) is 20.2 Å². The predicted octanol–water partition coefficient (Wildman–Crippen LogP) is 6.52. The Balaban J connectivity index is 0.955. The summed E-state index contributed by atoms with van der Waals surface area (Å²) in [6.45, 7) is 4.92. The Labute approximate surface area is 351 Å². The molecule has 0 aliphatic carbocycles. The number of amides is 4. The number of halogens is 3. The lowest BCUT2D eigenvalue weighted by molar-refractivity contribution is -0.134. The van der Waals surface area contributed by atoms with Crippen LogP contribution < -0.4 is 10.2 Å². The average molecular weight is 838 g/mol. The summed E-state index contributed by atoms with van der Waals surface area (Å²) in [6, 6.07) is 16.4. The highest BCUT2D eigenvalue weighted by Crippen LogP contribution is 2.39. The maximum Gasteiger partial charge on any atom is 0.289 e. The summed E-state index contributed by atoms with van der Waals surface area (Å²) >= 11 is 6.42. The summed E-state index contributed by atoms with van der Waals surface area (Å²) in [5, 5.41) is 6.63. The van der Waals surface area contributed by atoms with Crippen LogP contribution in [0.15, 0.2) is 77.5 Å². The van der Waals surface area contributed by atoms with Crippen LogP contribution in [0, 0.1) is 11.6 Å². The monoisotopic (exact) mass is 837 g/mol. The third-order valence-corrected chi connectivity index (χ3v) is 12.1. The topological polar surface area (TPSA) is 124 Å². The molecule has 0 spiro atoms. The first kappa shape index (κ1) is 40.9. The second kappa shape index (κ2) is 17.4. The van der Waals surface area contributed by atoms with Gasteiger partial charge in [-0.2, -0.15) is 5.10 Å². The van der Waals surface area contributed by atoms with E-state index in [9.17, 15) is 19.2 Å². The highest BCUT2D eigenvalue weighted by Gasteiger charge is 2.31. The van der Waals surface area contributed by atoms with Gasteiger partial charge < -0.3 is 19.1 Å². The Morgan fingerprint density at radius 2 is 1.75 bits per heavy atom. The maximum atomic E-state index is 16.5. The summed E-state index contributed by atoms with van der Waals surface area (Å²) in [5.74, 6) is -2.85. The summed E-state index contributed by atoms with van der Waals surface area (Å²) < 4.78 is 39.7. The van der Waals surface area contributed by atoms with Gasteiger partial charge in [0.2, 0.25) is 17.7 Å². The number of piperidine rings is 1. The van der Waals surface area contributed by atoms with Crippen molar-refractivity contribution < 1.29 is 32.4 Å². The van der Waals surface area contributed by atoms with Gasteiger partial charge in [-0.1, -0.05) is 41.9 Å².